The van der Waals surface area contributed by atoms with Crippen molar-refractivity contribution in [3.63, 3.8) is 0 Å². The number of furan rings is 1. The smallest absolute Gasteiger partial charge is 0.252 e. The molecular formula is C15H18IN5O5S. The topological polar surface area (TPSA) is 124 Å². The molecular weight excluding hydrogens is 489 g/mol. The number of anilines is 1. The Hall–Kier alpha value is -1.51. The Morgan fingerprint density at radius 1 is 1.33 bits per heavy atom. The van der Waals surface area contributed by atoms with Crippen LogP contribution >= 0.6 is 22.6 Å². The number of aliphatic hydroxyl groups is 1. The largest absolute Gasteiger partial charge is 0.433 e. The van der Waals surface area contributed by atoms with E-state index in [1.807, 2.05) is 0 Å². The molecule has 10 nitrogen and oxygen atoms in total. The van der Waals surface area contributed by atoms with Crippen molar-refractivity contribution in [2.75, 3.05) is 37.5 Å². The monoisotopic (exact) mass is 507 g/mol. The average Bonchev–Trinajstić information content (AvgIpc) is 3.00. The van der Waals surface area contributed by atoms with Crippen LogP contribution in [0.15, 0.2) is 9.57 Å². The molecule has 1 saturated heterocycles. The second kappa shape index (κ2) is 6.25. The summed E-state index contributed by atoms with van der Waals surface area (Å²) in [5, 5.41) is 15.1. The Bertz CT molecular complexity index is 1150. The van der Waals surface area contributed by atoms with Crippen molar-refractivity contribution in [2.45, 2.75) is 17.7 Å². The zero-order chi connectivity index (χ0) is 19.6. The number of halogens is 1. The summed E-state index contributed by atoms with van der Waals surface area (Å²) in [6.45, 7) is 2.89. The highest BCUT2D eigenvalue weighted by Gasteiger charge is 2.32. The SMILES string of the molecule is Cn1nc(I)c2oc3nc(S(C)(=O)=O)nc(N4CCOC[C@@](C)(O)C4)c3c21. The molecule has 0 amide bonds. The van der Waals surface area contributed by atoms with Gasteiger partial charge in [0, 0.05) is 19.8 Å². The van der Waals surface area contributed by atoms with Crippen LogP contribution in [0.25, 0.3) is 22.2 Å². The minimum absolute atomic E-state index is 0.172. The number of sulfone groups is 1. The summed E-state index contributed by atoms with van der Waals surface area (Å²) in [6.07, 6.45) is 1.05. The van der Waals surface area contributed by atoms with Crippen molar-refractivity contribution in [3.05, 3.63) is 3.70 Å². The van der Waals surface area contributed by atoms with Gasteiger partial charge in [-0.15, -0.1) is 0 Å². The van der Waals surface area contributed by atoms with Gasteiger partial charge in [-0.2, -0.15) is 15.1 Å². The van der Waals surface area contributed by atoms with Crippen molar-refractivity contribution in [3.8, 4) is 0 Å². The molecule has 0 aromatic carbocycles. The highest BCUT2D eigenvalue weighted by atomic mass is 127. The van der Waals surface area contributed by atoms with Crippen LogP contribution in [0, 0.1) is 3.70 Å². The number of β-amino-alcohol motifs (C(OH)–C–C–N with tert-alkyl or cyclic N) is 1. The van der Waals surface area contributed by atoms with Gasteiger partial charge in [-0.1, -0.05) is 0 Å². The van der Waals surface area contributed by atoms with E-state index >= 15 is 0 Å². The molecule has 0 bridgehead atoms. The van der Waals surface area contributed by atoms with Crippen LogP contribution in [0.4, 0.5) is 5.82 Å². The molecule has 0 radical (unpaired) electrons. The van der Waals surface area contributed by atoms with Gasteiger partial charge in [0.25, 0.3) is 5.16 Å². The molecule has 1 aliphatic heterocycles. The fourth-order valence-electron chi connectivity index (χ4n) is 3.20. The van der Waals surface area contributed by atoms with E-state index in [0.29, 0.717) is 39.2 Å². The van der Waals surface area contributed by atoms with Crippen molar-refractivity contribution >= 4 is 60.4 Å². The number of aromatic nitrogens is 4. The van der Waals surface area contributed by atoms with E-state index in [4.69, 9.17) is 9.15 Å². The molecule has 4 rings (SSSR count). The first kappa shape index (κ1) is 18.8. The molecule has 1 atom stereocenters. The molecule has 12 heteroatoms. The quantitative estimate of drug-likeness (QED) is 0.395. The summed E-state index contributed by atoms with van der Waals surface area (Å²) < 4.78 is 37.8. The second-order valence-corrected chi connectivity index (χ2v) is 9.88. The molecule has 27 heavy (non-hydrogen) atoms. The van der Waals surface area contributed by atoms with Crippen molar-refractivity contribution < 1.29 is 22.7 Å². The molecule has 3 aromatic heterocycles. The lowest BCUT2D eigenvalue weighted by atomic mass is 10.1. The zero-order valence-electron chi connectivity index (χ0n) is 14.9. The van der Waals surface area contributed by atoms with E-state index in [-0.39, 0.29) is 24.0 Å². The minimum atomic E-state index is -3.66. The summed E-state index contributed by atoms with van der Waals surface area (Å²) >= 11 is 2.05. The number of hydrogen-bond acceptors (Lipinski definition) is 9. The van der Waals surface area contributed by atoms with Crippen LogP contribution in [0.3, 0.4) is 0 Å². The van der Waals surface area contributed by atoms with Crippen LogP contribution in [-0.2, 0) is 21.6 Å². The summed E-state index contributed by atoms with van der Waals surface area (Å²) in [5.41, 5.74) is 0.260. The van der Waals surface area contributed by atoms with Gasteiger partial charge in [0.1, 0.15) is 22.3 Å². The zero-order valence-corrected chi connectivity index (χ0v) is 17.9. The van der Waals surface area contributed by atoms with Gasteiger partial charge >= 0.3 is 0 Å². The van der Waals surface area contributed by atoms with Crippen LogP contribution < -0.4 is 4.90 Å². The molecule has 4 heterocycles. The van der Waals surface area contributed by atoms with Gasteiger partial charge in [-0.25, -0.2) is 8.42 Å². The number of aryl methyl sites for hydroxylation is 1. The maximum Gasteiger partial charge on any atom is 0.252 e. The fraction of sp³-hybridized carbons (Fsp3) is 0.533. The van der Waals surface area contributed by atoms with Gasteiger partial charge in [-0.05, 0) is 29.5 Å². The lowest BCUT2D eigenvalue weighted by molar-refractivity contribution is -0.0123. The first-order valence-corrected chi connectivity index (χ1v) is 11.1. The molecule has 146 valence electrons. The van der Waals surface area contributed by atoms with Crippen molar-refractivity contribution in [2.24, 2.45) is 7.05 Å². The predicted molar refractivity (Wildman–Crippen MR) is 106 cm³/mol. The first-order chi connectivity index (χ1) is 12.6. The van der Waals surface area contributed by atoms with E-state index in [2.05, 4.69) is 37.7 Å². The molecule has 1 fully saturated rings. The molecule has 0 spiro atoms. The highest BCUT2D eigenvalue weighted by Crippen LogP contribution is 2.37. The van der Waals surface area contributed by atoms with E-state index in [1.54, 1.807) is 23.6 Å². The highest BCUT2D eigenvalue weighted by molar-refractivity contribution is 14.1. The Labute approximate surface area is 168 Å². The summed E-state index contributed by atoms with van der Waals surface area (Å²) in [5.74, 6) is 0.379. The van der Waals surface area contributed by atoms with E-state index in [1.165, 1.54) is 0 Å². The molecule has 1 aliphatic rings. The molecule has 0 unspecified atom stereocenters. The minimum Gasteiger partial charge on any atom is -0.433 e. The second-order valence-electron chi connectivity index (χ2n) is 6.95. The first-order valence-electron chi connectivity index (χ1n) is 8.15. The van der Waals surface area contributed by atoms with Gasteiger partial charge in [-0.3, -0.25) is 4.68 Å². The van der Waals surface area contributed by atoms with E-state index in [0.717, 1.165) is 6.26 Å². The number of nitrogens with zero attached hydrogens (tertiary/aromatic N) is 5. The van der Waals surface area contributed by atoms with Crippen LogP contribution in [-0.4, -0.2) is 71.4 Å². The molecule has 1 N–H and O–H groups in total. The van der Waals surface area contributed by atoms with Crippen molar-refractivity contribution in [1.29, 1.82) is 0 Å². The lowest BCUT2D eigenvalue weighted by Crippen LogP contribution is -2.42. The number of hydrogen-bond donors (Lipinski definition) is 1. The summed E-state index contributed by atoms with van der Waals surface area (Å²) in [7, 11) is -1.89. The van der Waals surface area contributed by atoms with Crippen LogP contribution in [0.2, 0.25) is 0 Å². The number of rotatable bonds is 2. The molecule has 3 aromatic rings. The van der Waals surface area contributed by atoms with Gasteiger partial charge in [0.15, 0.2) is 9.28 Å². The standard InChI is InChI=1S/C15H18IN5O5S/c1-15(22)6-21(4-5-25-7-15)12-8-9-10(11(16)19-20(9)2)26-13(8)18-14(17-12)27(3,23)24/h22H,4-7H2,1-3H3/t15-/m0/s1. The Balaban J connectivity index is 2.05. The predicted octanol–water partition coefficient (Wildman–Crippen LogP) is 0.705. The van der Waals surface area contributed by atoms with Gasteiger partial charge in [0.2, 0.25) is 15.6 Å². The van der Waals surface area contributed by atoms with Crippen LogP contribution in [0.5, 0.6) is 0 Å². The maximum absolute atomic E-state index is 12.1. The third-order valence-electron chi connectivity index (χ3n) is 4.32. The van der Waals surface area contributed by atoms with Gasteiger partial charge < -0.3 is 19.2 Å². The van der Waals surface area contributed by atoms with Gasteiger partial charge in [0.05, 0.1) is 19.8 Å². The Kier molecular flexibility index (Phi) is 4.36. The fourth-order valence-corrected chi connectivity index (χ4v) is 4.39. The molecule has 0 aliphatic carbocycles. The number of fused-ring (bicyclic) bond motifs is 3. The third-order valence-corrected chi connectivity index (χ3v) is 5.87. The molecule has 0 saturated carbocycles. The maximum atomic E-state index is 12.1. The number of ether oxygens (including phenoxy) is 1. The third kappa shape index (κ3) is 3.28. The normalized spacial score (nSPS) is 21.9. The lowest BCUT2D eigenvalue weighted by Gasteiger charge is -2.28. The van der Waals surface area contributed by atoms with E-state index in [9.17, 15) is 13.5 Å². The summed E-state index contributed by atoms with van der Waals surface area (Å²) in [6, 6.07) is 0. The Morgan fingerprint density at radius 3 is 2.78 bits per heavy atom. The summed E-state index contributed by atoms with van der Waals surface area (Å²) in [4.78, 5) is 10.3. The van der Waals surface area contributed by atoms with Crippen molar-refractivity contribution in [1.82, 2.24) is 19.7 Å². The van der Waals surface area contributed by atoms with Crippen LogP contribution in [0.1, 0.15) is 6.92 Å². The Morgan fingerprint density at radius 2 is 2.07 bits per heavy atom. The van der Waals surface area contributed by atoms with E-state index < -0.39 is 15.4 Å². The average molecular weight is 507 g/mol.